The van der Waals surface area contributed by atoms with Gasteiger partial charge in [-0.2, -0.15) is 0 Å². The lowest BCUT2D eigenvalue weighted by Crippen LogP contribution is -2.10. The van der Waals surface area contributed by atoms with E-state index in [-0.39, 0.29) is 11.7 Å². The summed E-state index contributed by atoms with van der Waals surface area (Å²) in [6, 6.07) is 6.33. The summed E-state index contributed by atoms with van der Waals surface area (Å²) in [6.45, 7) is 0. The summed E-state index contributed by atoms with van der Waals surface area (Å²) in [7, 11) is 0. The lowest BCUT2D eigenvalue weighted by Gasteiger charge is -2.06. The fourth-order valence-electron chi connectivity index (χ4n) is 1.21. The molecular weight excluding hydrogens is 220 g/mol. The third-order valence-electron chi connectivity index (χ3n) is 2.04. The molecule has 0 unspecified atom stereocenters. The van der Waals surface area contributed by atoms with E-state index in [2.05, 4.69) is 9.97 Å². The van der Waals surface area contributed by atoms with Gasteiger partial charge in [-0.25, -0.2) is 9.97 Å². The van der Waals surface area contributed by atoms with Crippen LogP contribution in [-0.4, -0.2) is 15.9 Å². The molecule has 0 aliphatic carbocycles. The van der Waals surface area contributed by atoms with Gasteiger partial charge in [-0.05, 0) is 24.3 Å². The molecule has 86 valence electrons. The first-order valence-electron chi connectivity index (χ1n) is 4.81. The van der Waals surface area contributed by atoms with Crippen LogP contribution < -0.4 is 16.2 Å². The molecule has 4 N–H and O–H groups in total. The molecule has 0 bridgehead atoms. The van der Waals surface area contributed by atoms with Gasteiger partial charge in [0.1, 0.15) is 5.75 Å². The zero-order valence-corrected chi connectivity index (χ0v) is 8.83. The molecule has 6 nitrogen and oxygen atoms in total. The van der Waals surface area contributed by atoms with Crippen molar-refractivity contribution in [2.75, 3.05) is 5.73 Å². The summed E-state index contributed by atoms with van der Waals surface area (Å²) >= 11 is 0. The highest BCUT2D eigenvalue weighted by atomic mass is 16.5. The number of amides is 1. The highest BCUT2D eigenvalue weighted by molar-refractivity contribution is 5.92. The van der Waals surface area contributed by atoms with E-state index in [4.69, 9.17) is 16.2 Å². The molecule has 17 heavy (non-hydrogen) atoms. The van der Waals surface area contributed by atoms with Crippen LogP contribution in [0.15, 0.2) is 36.7 Å². The summed E-state index contributed by atoms with van der Waals surface area (Å²) in [6.07, 6.45) is 2.95. The van der Waals surface area contributed by atoms with Crippen LogP contribution in [-0.2, 0) is 0 Å². The average molecular weight is 230 g/mol. The van der Waals surface area contributed by atoms with Gasteiger partial charge in [0, 0.05) is 18.0 Å². The Balaban J connectivity index is 2.20. The molecule has 0 fully saturated rings. The Morgan fingerprint density at radius 2 is 1.76 bits per heavy atom. The molecule has 1 amide bonds. The number of primary amides is 1. The van der Waals surface area contributed by atoms with E-state index in [9.17, 15) is 4.79 Å². The predicted octanol–water partition coefficient (Wildman–Crippen LogP) is 0.950. The number of ether oxygens (including phenoxy) is 1. The maximum atomic E-state index is 10.9. The Morgan fingerprint density at radius 1 is 1.12 bits per heavy atom. The number of benzene rings is 1. The average Bonchev–Trinajstić information content (AvgIpc) is 2.33. The number of rotatable bonds is 3. The van der Waals surface area contributed by atoms with Crippen molar-refractivity contribution in [1.82, 2.24) is 9.97 Å². The maximum Gasteiger partial charge on any atom is 0.262 e. The molecule has 1 aromatic heterocycles. The van der Waals surface area contributed by atoms with Crippen LogP contribution in [0.3, 0.4) is 0 Å². The van der Waals surface area contributed by atoms with Crippen molar-refractivity contribution < 1.29 is 9.53 Å². The van der Waals surface area contributed by atoms with Gasteiger partial charge in [-0.15, -0.1) is 0 Å². The molecule has 1 aromatic carbocycles. The van der Waals surface area contributed by atoms with Crippen molar-refractivity contribution in [2.45, 2.75) is 0 Å². The number of carbonyl (C=O) groups is 1. The first kappa shape index (κ1) is 10.9. The zero-order valence-electron chi connectivity index (χ0n) is 8.83. The molecule has 0 saturated carbocycles. The number of nitrogens with two attached hydrogens (primary N) is 2. The molecule has 6 heteroatoms. The molecule has 0 atom stereocenters. The zero-order chi connectivity index (χ0) is 12.3. The molecule has 0 radical (unpaired) electrons. The van der Waals surface area contributed by atoms with E-state index in [0.29, 0.717) is 11.3 Å². The molecule has 0 saturated heterocycles. The van der Waals surface area contributed by atoms with E-state index < -0.39 is 5.91 Å². The standard InChI is InChI=1S/C11H10N4O2/c12-9-11(15-6-5-14-9)17-8-3-1-7(2-4-8)10(13)16/h1-6H,(H2,12,14)(H2,13,16). The largest absolute Gasteiger partial charge is 0.436 e. The van der Waals surface area contributed by atoms with Crippen LogP contribution in [0.1, 0.15) is 10.4 Å². The summed E-state index contributed by atoms with van der Waals surface area (Å²) < 4.78 is 5.39. The van der Waals surface area contributed by atoms with Gasteiger partial charge in [-0.1, -0.05) is 0 Å². The first-order chi connectivity index (χ1) is 8.16. The van der Waals surface area contributed by atoms with Gasteiger partial charge in [0.05, 0.1) is 0 Å². The van der Waals surface area contributed by atoms with Crippen molar-refractivity contribution in [1.29, 1.82) is 0 Å². The minimum atomic E-state index is -0.490. The van der Waals surface area contributed by atoms with E-state index in [0.717, 1.165) is 0 Å². The third kappa shape index (κ3) is 2.49. The van der Waals surface area contributed by atoms with E-state index in [1.807, 2.05) is 0 Å². The highest BCUT2D eigenvalue weighted by Crippen LogP contribution is 2.22. The number of nitrogen functional groups attached to an aromatic ring is 1. The van der Waals surface area contributed by atoms with Crippen LogP contribution in [0, 0.1) is 0 Å². The number of anilines is 1. The second-order valence-electron chi connectivity index (χ2n) is 3.24. The van der Waals surface area contributed by atoms with E-state index in [1.165, 1.54) is 12.4 Å². The summed E-state index contributed by atoms with van der Waals surface area (Å²) in [5.41, 5.74) is 11.1. The number of hydrogen-bond donors (Lipinski definition) is 2. The van der Waals surface area contributed by atoms with Gasteiger partial charge in [0.2, 0.25) is 5.91 Å². The quantitative estimate of drug-likeness (QED) is 0.816. The lowest BCUT2D eigenvalue weighted by atomic mass is 10.2. The number of aromatic nitrogens is 2. The SMILES string of the molecule is NC(=O)c1ccc(Oc2nccnc2N)cc1. The first-order valence-corrected chi connectivity index (χ1v) is 4.81. The highest BCUT2D eigenvalue weighted by Gasteiger charge is 2.05. The van der Waals surface area contributed by atoms with Gasteiger partial charge in [0.25, 0.3) is 5.88 Å². The minimum Gasteiger partial charge on any atom is -0.436 e. The van der Waals surface area contributed by atoms with Crippen molar-refractivity contribution in [2.24, 2.45) is 5.73 Å². The predicted molar refractivity (Wildman–Crippen MR) is 61.5 cm³/mol. The lowest BCUT2D eigenvalue weighted by molar-refractivity contribution is 0.100. The van der Waals surface area contributed by atoms with Crippen molar-refractivity contribution in [3.05, 3.63) is 42.2 Å². The van der Waals surface area contributed by atoms with Crippen molar-refractivity contribution in [3.8, 4) is 11.6 Å². The Kier molecular flexibility index (Phi) is 2.87. The third-order valence-corrected chi connectivity index (χ3v) is 2.04. The summed E-state index contributed by atoms with van der Waals surface area (Å²) in [5.74, 6) is 0.434. The second-order valence-corrected chi connectivity index (χ2v) is 3.24. The summed E-state index contributed by atoms with van der Waals surface area (Å²) in [5, 5.41) is 0. The Hall–Kier alpha value is -2.63. The topological polar surface area (TPSA) is 104 Å². The van der Waals surface area contributed by atoms with Gasteiger partial charge >= 0.3 is 0 Å². The fraction of sp³-hybridized carbons (Fsp3) is 0. The normalized spacial score (nSPS) is 9.88. The van der Waals surface area contributed by atoms with Crippen LogP contribution in [0.4, 0.5) is 5.82 Å². The number of carbonyl (C=O) groups excluding carboxylic acids is 1. The number of nitrogens with zero attached hydrogens (tertiary/aromatic N) is 2. The second kappa shape index (κ2) is 4.48. The van der Waals surface area contributed by atoms with Crippen LogP contribution in [0.2, 0.25) is 0 Å². The van der Waals surface area contributed by atoms with Crippen LogP contribution in [0.25, 0.3) is 0 Å². The maximum absolute atomic E-state index is 10.9. The van der Waals surface area contributed by atoms with Gasteiger partial charge < -0.3 is 16.2 Å². The monoisotopic (exact) mass is 230 g/mol. The molecule has 1 heterocycles. The molecule has 2 rings (SSSR count). The smallest absolute Gasteiger partial charge is 0.262 e. The van der Waals surface area contributed by atoms with E-state index in [1.54, 1.807) is 24.3 Å². The molecule has 2 aromatic rings. The van der Waals surface area contributed by atoms with Gasteiger partial charge in [-0.3, -0.25) is 4.79 Å². The molecule has 0 aliphatic heterocycles. The minimum absolute atomic E-state index is 0.200. The number of hydrogen-bond acceptors (Lipinski definition) is 5. The van der Waals surface area contributed by atoms with Crippen molar-refractivity contribution in [3.63, 3.8) is 0 Å². The van der Waals surface area contributed by atoms with E-state index >= 15 is 0 Å². The van der Waals surface area contributed by atoms with Crippen LogP contribution >= 0.6 is 0 Å². The van der Waals surface area contributed by atoms with Gasteiger partial charge in [0.15, 0.2) is 5.82 Å². The molecule has 0 aliphatic rings. The molecule has 0 spiro atoms. The van der Waals surface area contributed by atoms with Crippen molar-refractivity contribution >= 4 is 11.7 Å². The Labute approximate surface area is 97.2 Å². The fourth-order valence-corrected chi connectivity index (χ4v) is 1.21. The Bertz CT molecular complexity index is 539. The Morgan fingerprint density at radius 3 is 2.35 bits per heavy atom. The van der Waals surface area contributed by atoms with Crippen LogP contribution in [0.5, 0.6) is 11.6 Å². The summed E-state index contributed by atoms with van der Waals surface area (Å²) in [4.78, 5) is 18.6. The molecular formula is C11H10N4O2.